The molecule has 2 aromatic carbocycles. The van der Waals surface area contributed by atoms with E-state index in [1.54, 1.807) is 31.2 Å². The first-order valence-electron chi connectivity index (χ1n) is 10.1. The van der Waals surface area contributed by atoms with Crippen molar-refractivity contribution in [1.29, 1.82) is 0 Å². The molecule has 0 radical (unpaired) electrons. The molecule has 7 heteroatoms. The highest BCUT2D eigenvalue weighted by molar-refractivity contribution is 6.00. The zero-order chi connectivity index (χ0) is 22.9. The van der Waals surface area contributed by atoms with Gasteiger partial charge in [0.25, 0.3) is 11.8 Å². The molecule has 1 aliphatic rings. The molecule has 1 heterocycles. The molecule has 1 N–H and O–H groups in total. The lowest BCUT2D eigenvalue weighted by molar-refractivity contribution is -0.115. The van der Waals surface area contributed by atoms with E-state index >= 15 is 0 Å². The number of carbonyl (C=O) groups excluding carboxylic acids is 3. The van der Waals surface area contributed by atoms with E-state index in [2.05, 4.69) is 5.43 Å². The van der Waals surface area contributed by atoms with Gasteiger partial charge in [-0.3, -0.25) is 19.8 Å². The van der Waals surface area contributed by atoms with Gasteiger partial charge in [0.05, 0.1) is 5.54 Å². The van der Waals surface area contributed by atoms with Crippen molar-refractivity contribution in [3.05, 3.63) is 58.1 Å². The van der Waals surface area contributed by atoms with E-state index in [0.717, 1.165) is 11.1 Å². The molecule has 0 bridgehead atoms. The summed E-state index contributed by atoms with van der Waals surface area (Å²) in [4.78, 5) is 37.5. The number of hydrogen-bond acceptors (Lipinski definition) is 5. The summed E-state index contributed by atoms with van der Waals surface area (Å²) < 4.78 is 11.2. The fourth-order valence-corrected chi connectivity index (χ4v) is 3.51. The molecule has 7 nitrogen and oxygen atoms in total. The van der Waals surface area contributed by atoms with E-state index in [4.69, 9.17) is 9.47 Å². The maximum Gasteiger partial charge on any atom is 0.272 e. The number of nitrogens with zero attached hydrogens (tertiary/aromatic N) is 1. The molecule has 2 aromatic rings. The third-order valence-corrected chi connectivity index (χ3v) is 4.99. The molecule has 31 heavy (non-hydrogen) atoms. The first kappa shape index (κ1) is 22.3. The number of ether oxygens (including phenoxy) is 2. The summed E-state index contributed by atoms with van der Waals surface area (Å²) in [5.74, 6) is 0.0822. The molecule has 1 aliphatic heterocycles. The molecule has 0 saturated carbocycles. The Labute approximate surface area is 182 Å². The Kier molecular flexibility index (Phi) is 6.06. The maximum atomic E-state index is 13.3. The second-order valence-corrected chi connectivity index (χ2v) is 8.80. The van der Waals surface area contributed by atoms with Crippen LogP contribution in [0.4, 0.5) is 0 Å². The Bertz CT molecular complexity index is 1020. The molecular weight excluding hydrogens is 396 g/mol. The van der Waals surface area contributed by atoms with Crippen LogP contribution in [0.25, 0.3) is 0 Å². The van der Waals surface area contributed by atoms with E-state index in [1.165, 1.54) is 5.01 Å². The van der Waals surface area contributed by atoms with Crippen molar-refractivity contribution in [2.75, 3.05) is 6.61 Å². The average Bonchev–Trinajstić information content (AvgIpc) is 2.70. The minimum atomic E-state index is -0.721. The van der Waals surface area contributed by atoms with Crippen LogP contribution in [0.15, 0.2) is 30.3 Å². The van der Waals surface area contributed by atoms with Gasteiger partial charge in [0.1, 0.15) is 6.61 Å². The molecule has 164 valence electrons. The summed E-state index contributed by atoms with van der Waals surface area (Å²) in [6.45, 7) is 11.2. The number of hydrazine groups is 1. The summed E-state index contributed by atoms with van der Waals surface area (Å²) >= 11 is 0. The monoisotopic (exact) mass is 424 g/mol. The lowest BCUT2D eigenvalue weighted by atomic mass is 10.0. The molecule has 0 unspecified atom stereocenters. The molecule has 2 amide bonds. The van der Waals surface area contributed by atoms with Crippen LogP contribution in [0.1, 0.15) is 58.2 Å². The van der Waals surface area contributed by atoms with Crippen LogP contribution in [0, 0.1) is 20.8 Å². The molecule has 1 atom stereocenters. The second kappa shape index (κ2) is 8.41. The molecule has 0 aromatic heterocycles. The van der Waals surface area contributed by atoms with Crippen molar-refractivity contribution < 1.29 is 23.9 Å². The van der Waals surface area contributed by atoms with Crippen molar-refractivity contribution in [1.82, 2.24) is 10.4 Å². The predicted molar refractivity (Wildman–Crippen MR) is 116 cm³/mol. The fourth-order valence-electron chi connectivity index (χ4n) is 3.51. The number of aldehydes is 1. The van der Waals surface area contributed by atoms with E-state index in [-0.39, 0.29) is 12.5 Å². The summed E-state index contributed by atoms with van der Waals surface area (Å²) in [7, 11) is 0. The van der Waals surface area contributed by atoms with Crippen LogP contribution in [0.5, 0.6) is 11.5 Å². The SMILES string of the molecule is Cc1cc(C)cc(C(=O)N(NC(=O)c2ccc3c(c2C)O[C@@H](C=O)CO3)C(C)(C)C)c1. The van der Waals surface area contributed by atoms with Crippen molar-refractivity contribution in [3.8, 4) is 11.5 Å². The largest absolute Gasteiger partial charge is 0.485 e. The van der Waals surface area contributed by atoms with Crippen molar-refractivity contribution in [2.45, 2.75) is 53.2 Å². The Morgan fingerprint density at radius 2 is 1.74 bits per heavy atom. The van der Waals surface area contributed by atoms with Gasteiger partial charge in [-0.2, -0.15) is 0 Å². The van der Waals surface area contributed by atoms with Crippen LogP contribution >= 0.6 is 0 Å². The Morgan fingerprint density at radius 3 is 2.32 bits per heavy atom. The Morgan fingerprint density at radius 1 is 1.10 bits per heavy atom. The van der Waals surface area contributed by atoms with Crippen molar-refractivity contribution in [3.63, 3.8) is 0 Å². The summed E-state index contributed by atoms with van der Waals surface area (Å²) in [6, 6.07) is 8.84. The topological polar surface area (TPSA) is 84.9 Å². The van der Waals surface area contributed by atoms with Gasteiger partial charge in [-0.1, -0.05) is 17.2 Å². The van der Waals surface area contributed by atoms with E-state index in [1.807, 2.05) is 40.7 Å². The highest BCUT2D eigenvalue weighted by atomic mass is 16.6. The lowest BCUT2D eigenvalue weighted by Crippen LogP contribution is -2.56. The second-order valence-electron chi connectivity index (χ2n) is 8.80. The average molecular weight is 424 g/mol. The number of nitrogens with one attached hydrogen (secondary N) is 1. The molecule has 0 fully saturated rings. The fraction of sp³-hybridized carbons (Fsp3) is 0.375. The number of amides is 2. The quantitative estimate of drug-likeness (QED) is 0.602. The molecule has 0 saturated heterocycles. The highest BCUT2D eigenvalue weighted by Gasteiger charge is 2.31. The Hall–Kier alpha value is -3.35. The van der Waals surface area contributed by atoms with Gasteiger partial charge in [0, 0.05) is 16.7 Å². The van der Waals surface area contributed by atoms with Gasteiger partial charge in [0.15, 0.2) is 23.9 Å². The minimum Gasteiger partial charge on any atom is -0.485 e. The highest BCUT2D eigenvalue weighted by Crippen LogP contribution is 2.36. The van der Waals surface area contributed by atoms with Gasteiger partial charge < -0.3 is 9.47 Å². The first-order valence-corrected chi connectivity index (χ1v) is 10.1. The summed E-state index contributed by atoms with van der Waals surface area (Å²) in [5, 5.41) is 1.34. The number of aryl methyl sites for hydroxylation is 2. The van der Waals surface area contributed by atoms with Gasteiger partial charge in [-0.25, -0.2) is 5.01 Å². The molecule has 0 spiro atoms. The molecular formula is C24H28N2O5. The maximum absolute atomic E-state index is 13.3. The smallest absolute Gasteiger partial charge is 0.272 e. The van der Waals surface area contributed by atoms with Crippen LogP contribution in [-0.2, 0) is 4.79 Å². The van der Waals surface area contributed by atoms with Crippen LogP contribution in [0.3, 0.4) is 0 Å². The van der Waals surface area contributed by atoms with Crippen molar-refractivity contribution >= 4 is 18.1 Å². The third kappa shape index (κ3) is 4.71. The van der Waals surface area contributed by atoms with Gasteiger partial charge in [-0.05, 0) is 65.8 Å². The van der Waals surface area contributed by atoms with Crippen LogP contribution < -0.4 is 14.9 Å². The van der Waals surface area contributed by atoms with Gasteiger partial charge >= 0.3 is 0 Å². The normalized spacial score (nSPS) is 15.2. The third-order valence-electron chi connectivity index (χ3n) is 4.99. The zero-order valence-electron chi connectivity index (χ0n) is 18.7. The predicted octanol–water partition coefficient (Wildman–Crippen LogP) is 3.54. The number of hydrogen-bond donors (Lipinski definition) is 1. The number of fused-ring (bicyclic) bond motifs is 1. The van der Waals surface area contributed by atoms with Gasteiger partial charge in [0.2, 0.25) is 0 Å². The zero-order valence-corrected chi connectivity index (χ0v) is 18.7. The molecule has 0 aliphatic carbocycles. The Balaban J connectivity index is 1.92. The van der Waals surface area contributed by atoms with E-state index in [9.17, 15) is 14.4 Å². The molecule has 3 rings (SSSR count). The number of carbonyl (C=O) groups is 3. The first-order chi connectivity index (χ1) is 14.5. The summed E-state index contributed by atoms with van der Waals surface area (Å²) in [5.41, 5.74) is 5.39. The lowest BCUT2D eigenvalue weighted by Gasteiger charge is -2.36. The van der Waals surface area contributed by atoms with Crippen LogP contribution in [-0.4, -0.2) is 41.4 Å². The number of benzene rings is 2. The summed E-state index contributed by atoms with van der Waals surface area (Å²) in [6.07, 6.45) is -0.0550. The van der Waals surface area contributed by atoms with E-state index in [0.29, 0.717) is 34.5 Å². The number of rotatable bonds is 3. The van der Waals surface area contributed by atoms with Gasteiger partial charge in [-0.15, -0.1) is 0 Å². The minimum absolute atomic E-state index is 0.129. The van der Waals surface area contributed by atoms with Crippen LogP contribution in [0.2, 0.25) is 0 Å². The van der Waals surface area contributed by atoms with Crippen molar-refractivity contribution in [2.24, 2.45) is 0 Å². The standard InChI is InChI=1S/C24H28N2O5/c1-14-9-15(2)11-17(10-14)23(29)26(24(4,5)6)25-22(28)19-7-8-20-21(16(19)3)31-18(12-27)13-30-20/h7-12,18H,13H2,1-6H3,(H,25,28)/t18-/m0/s1. The van der Waals surface area contributed by atoms with E-state index < -0.39 is 17.6 Å².